The van der Waals surface area contributed by atoms with Crippen LogP contribution in [0.4, 0.5) is 11.5 Å². The van der Waals surface area contributed by atoms with Gasteiger partial charge in [-0.05, 0) is 60.5 Å². The number of ether oxygens (including phenoxy) is 1. The molecule has 13 heteroatoms. The number of nitrogens with one attached hydrogen (secondary N) is 1. The summed E-state index contributed by atoms with van der Waals surface area (Å²) in [4.78, 5) is 65.1. The summed E-state index contributed by atoms with van der Waals surface area (Å²) in [6.45, 7) is 0.846. The maximum absolute atomic E-state index is 13.2. The Morgan fingerprint density at radius 2 is 1.66 bits per heavy atom. The Morgan fingerprint density at radius 1 is 0.900 bits per heavy atom. The first-order chi connectivity index (χ1) is 24.2. The van der Waals surface area contributed by atoms with Gasteiger partial charge in [0.05, 0.1) is 41.1 Å². The molecule has 12 nitrogen and oxygen atoms in total. The SMILES string of the molecule is CN(C)c1ccc2nc(-c3ccc(-c4ccc(NCCOCCN5C(=O)CCC(N6C(=O)c7ccc(O)cc7C6=O)C5=O)nc4)cc3)sc2c1. The number of imide groups is 2. The largest absolute Gasteiger partial charge is 0.508 e. The van der Waals surface area contributed by atoms with Gasteiger partial charge in [0, 0.05) is 50.1 Å². The molecule has 0 radical (unpaired) electrons. The summed E-state index contributed by atoms with van der Waals surface area (Å²) in [5.74, 6) is -1.74. The van der Waals surface area contributed by atoms with Crippen LogP contribution in [0.1, 0.15) is 33.6 Å². The predicted octanol–water partition coefficient (Wildman–Crippen LogP) is 5.04. The van der Waals surface area contributed by atoms with E-state index in [2.05, 4.69) is 57.7 Å². The summed E-state index contributed by atoms with van der Waals surface area (Å²) in [7, 11) is 4.06. The van der Waals surface area contributed by atoms with Gasteiger partial charge in [-0.15, -0.1) is 11.3 Å². The normalized spacial score (nSPS) is 16.0. The number of carbonyl (C=O) groups excluding carboxylic acids is 4. The number of pyridine rings is 1. The zero-order valence-corrected chi connectivity index (χ0v) is 28.3. The lowest BCUT2D eigenvalue weighted by atomic mass is 10.0. The van der Waals surface area contributed by atoms with E-state index in [1.807, 2.05) is 26.2 Å². The fourth-order valence-electron chi connectivity index (χ4n) is 6.12. The molecule has 0 saturated carbocycles. The van der Waals surface area contributed by atoms with Crippen molar-refractivity contribution in [3.8, 4) is 27.4 Å². The number of thiazole rings is 1. The number of amides is 4. The molecule has 3 aromatic carbocycles. The van der Waals surface area contributed by atoms with Gasteiger partial charge in [0.1, 0.15) is 22.6 Å². The number of phenols is 1. The van der Waals surface area contributed by atoms with Crippen LogP contribution < -0.4 is 10.2 Å². The fourth-order valence-corrected chi connectivity index (χ4v) is 7.13. The van der Waals surface area contributed by atoms with Gasteiger partial charge in [-0.3, -0.25) is 29.0 Å². The molecule has 4 heterocycles. The summed E-state index contributed by atoms with van der Waals surface area (Å²) in [6.07, 6.45) is 1.87. The van der Waals surface area contributed by atoms with E-state index in [0.29, 0.717) is 19.0 Å². The number of aromatic hydroxyl groups is 1. The van der Waals surface area contributed by atoms with Crippen molar-refractivity contribution in [1.82, 2.24) is 19.8 Å². The molecule has 1 saturated heterocycles. The van der Waals surface area contributed by atoms with Crippen LogP contribution in [-0.4, -0.2) is 94.9 Å². The van der Waals surface area contributed by atoms with E-state index in [9.17, 15) is 24.3 Å². The van der Waals surface area contributed by atoms with Gasteiger partial charge in [-0.1, -0.05) is 24.3 Å². The van der Waals surface area contributed by atoms with Crippen LogP contribution in [0.2, 0.25) is 0 Å². The number of hydrogen-bond donors (Lipinski definition) is 2. The van der Waals surface area contributed by atoms with Gasteiger partial charge >= 0.3 is 0 Å². The molecule has 4 amide bonds. The van der Waals surface area contributed by atoms with E-state index in [0.717, 1.165) is 47.4 Å². The number of fused-ring (bicyclic) bond motifs is 2. The molecule has 7 rings (SSSR count). The molecule has 2 N–H and O–H groups in total. The van der Waals surface area contributed by atoms with Crippen molar-refractivity contribution in [2.24, 2.45) is 0 Å². The van der Waals surface area contributed by atoms with Crippen molar-refractivity contribution in [2.75, 3.05) is 50.6 Å². The smallest absolute Gasteiger partial charge is 0.262 e. The maximum Gasteiger partial charge on any atom is 0.262 e. The van der Waals surface area contributed by atoms with Gasteiger partial charge in [-0.2, -0.15) is 0 Å². The first-order valence-electron chi connectivity index (χ1n) is 16.2. The van der Waals surface area contributed by atoms with Crippen molar-refractivity contribution in [3.63, 3.8) is 0 Å². The molecule has 1 atom stereocenters. The van der Waals surface area contributed by atoms with Crippen LogP contribution in [-0.2, 0) is 14.3 Å². The highest BCUT2D eigenvalue weighted by Gasteiger charge is 2.47. The number of rotatable bonds is 11. The Labute approximate surface area is 291 Å². The second-order valence-electron chi connectivity index (χ2n) is 12.3. The Kier molecular flexibility index (Phi) is 9.00. The third-order valence-electron chi connectivity index (χ3n) is 8.83. The number of nitrogens with zero attached hydrogens (tertiary/aromatic N) is 5. The first kappa shape index (κ1) is 32.9. The molecule has 2 aromatic heterocycles. The lowest BCUT2D eigenvalue weighted by molar-refractivity contribution is -0.152. The number of anilines is 2. The minimum absolute atomic E-state index is 0.000213. The highest BCUT2D eigenvalue weighted by Crippen LogP contribution is 2.34. The highest BCUT2D eigenvalue weighted by atomic mass is 32.1. The van der Waals surface area contributed by atoms with Crippen LogP contribution in [0, 0.1) is 0 Å². The average Bonchev–Trinajstić information content (AvgIpc) is 3.65. The van der Waals surface area contributed by atoms with Crippen LogP contribution >= 0.6 is 11.3 Å². The van der Waals surface area contributed by atoms with E-state index >= 15 is 0 Å². The Bertz CT molecular complexity index is 2110. The second-order valence-corrected chi connectivity index (χ2v) is 13.3. The minimum Gasteiger partial charge on any atom is -0.508 e. The van der Waals surface area contributed by atoms with E-state index < -0.39 is 23.8 Å². The molecule has 2 aliphatic rings. The van der Waals surface area contributed by atoms with E-state index in [4.69, 9.17) is 9.72 Å². The van der Waals surface area contributed by atoms with E-state index in [1.165, 1.54) is 18.2 Å². The average molecular weight is 691 g/mol. The standard InChI is InChI=1S/C37H34N6O6S/c1-41(2)25-8-11-29-31(19-25)50-34(40-29)23-5-3-22(4-6-23)24-7-13-32(39-21-24)38-15-17-49-18-16-42-33(45)14-12-30(37(42)48)43-35(46)27-10-9-26(44)20-28(27)36(43)47/h3-11,13,19-21,30,44H,12,14-18H2,1-2H3,(H,38,39). The quantitative estimate of drug-likeness (QED) is 0.143. The topological polar surface area (TPSA) is 145 Å². The molecule has 50 heavy (non-hydrogen) atoms. The Hall–Kier alpha value is -5.66. The lowest BCUT2D eigenvalue weighted by Crippen LogP contribution is -2.56. The minimum atomic E-state index is -1.09. The molecule has 2 aliphatic heterocycles. The number of likely N-dealkylation sites (tertiary alicyclic amines) is 1. The van der Waals surface area contributed by atoms with Crippen LogP contribution in [0.25, 0.3) is 31.9 Å². The number of phenolic OH excluding ortho intramolecular Hbond substituents is 1. The maximum atomic E-state index is 13.2. The van der Waals surface area contributed by atoms with E-state index in [-0.39, 0.29) is 48.8 Å². The number of carbonyl (C=O) groups is 4. The second kappa shape index (κ2) is 13.7. The molecule has 0 aliphatic carbocycles. The van der Waals surface area contributed by atoms with Gasteiger partial charge in [-0.25, -0.2) is 9.97 Å². The summed E-state index contributed by atoms with van der Waals surface area (Å²) < 4.78 is 6.83. The summed E-state index contributed by atoms with van der Waals surface area (Å²) >= 11 is 1.68. The number of hydrogen-bond acceptors (Lipinski definition) is 11. The first-order valence-corrected chi connectivity index (χ1v) is 17.0. The molecule has 0 bridgehead atoms. The van der Waals surface area contributed by atoms with Gasteiger partial charge in [0.15, 0.2) is 0 Å². The fraction of sp³-hybridized carbons (Fsp3) is 0.243. The molecule has 1 fully saturated rings. The van der Waals surface area contributed by atoms with Crippen molar-refractivity contribution in [2.45, 2.75) is 18.9 Å². The van der Waals surface area contributed by atoms with Gasteiger partial charge < -0.3 is 20.1 Å². The molecular weight excluding hydrogens is 657 g/mol. The summed E-state index contributed by atoms with van der Waals surface area (Å²) in [5.41, 5.74) is 5.38. The molecule has 0 spiro atoms. The van der Waals surface area contributed by atoms with E-state index in [1.54, 1.807) is 17.5 Å². The van der Waals surface area contributed by atoms with Gasteiger partial charge in [0.2, 0.25) is 5.91 Å². The molecule has 5 aromatic rings. The Morgan fingerprint density at radius 3 is 2.42 bits per heavy atom. The van der Waals surface area contributed by atoms with Crippen molar-refractivity contribution in [3.05, 3.63) is 90.1 Å². The number of piperidine rings is 1. The molecule has 1 unspecified atom stereocenters. The van der Waals surface area contributed by atoms with Crippen molar-refractivity contribution < 1.29 is 29.0 Å². The monoisotopic (exact) mass is 690 g/mol. The third-order valence-corrected chi connectivity index (χ3v) is 9.89. The number of aromatic nitrogens is 2. The van der Waals surface area contributed by atoms with Crippen molar-refractivity contribution in [1.29, 1.82) is 0 Å². The van der Waals surface area contributed by atoms with Gasteiger partial charge in [0.25, 0.3) is 17.7 Å². The van der Waals surface area contributed by atoms with Crippen LogP contribution in [0.15, 0.2) is 79.0 Å². The lowest BCUT2D eigenvalue weighted by Gasteiger charge is -2.34. The predicted molar refractivity (Wildman–Crippen MR) is 190 cm³/mol. The summed E-state index contributed by atoms with van der Waals surface area (Å²) in [5, 5.41) is 13.9. The zero-order valence-electron chi connectivity index (χ0n) is 27.5. The zero-order chi connectivity index (χ0) is 34.9. The van der Waals surface area contributed by atoms with Crippen LogP contribution in [0.3, 0.4) is 0 Å². The van der Waals surface area contributed by atoms with Crippen molar-refractivity contribution >= 4 is 56.7 Å². The molecular formula is C37H34N6O6S. The Balaban J connectivity index is 0.874. The summed E-state index contributed by atoms with van der Waals surface area (Å²) in [6, 6.07) is 21.3. The number of benzene rings is 3. The highest BCUT2D eigenvalue weighted by molar-refractivity contribution is 7.21. The molecule has 254 valence electrons. The van der Waals surface area contributed by atoms with Crippen LogP contribution in [0.5, 0.6) is 5.75 Å². The third kappa shape index (κ3) is 6.40.